The van der Waals surface area contributed by atoms with Crippen molar-refractivity contribution in [2.75, 3.05) is 17.3 Å². The molecule has 4 aromatic carbocycles. The number of rotatable bonds is 5. The van der Waals surface area contributed by atoms with E-state index >= 15 is 0 Å². The van der Waals surface area contributed by atoms with Crippen LogP contribution < -0.4 is 10.2 Å². The van der Waals surface area contributed by atoms with E-state index in [1.165, 1.54) is 4.90 Å². The maximum Gasteiger partial charge on any atom is 0.260 e. The summed E-state index contributed by atoms with van der Waals surface area (Å²) in [6.45, 7) is 1.93. The fourth-order valence-corrected chi connectivity index (χ4v) is 4.85. The minimum Gasteiger partial charge on any atom is -0.509 e. The number of fused-ring (bicyclic) bond motifs is 2. The predicted molar refractivity (Wildman–Crippen MR) is 146 cm³/mol. The number of halogens is 1. The van der Waals surface area contributed by atoms with Crippen LogP contribution in [0.1, 0.15) is 22.8 Å². The van der Waals surface area contributed by atoms with Gasteiger partial charge in [0.25, 0.3) is 5.91 Å². The van der Waals surface area contributed by atoms with E-state index in [1.807, 2.05) is 73.7 Å². The molecule has 1 aliphatic heterocycles. The zero-order valence-corrected chi connectivity index (χ0v) is 20.8. The molecule has 5 rings (SSSR count). The van der Waals surface area contributed by atoms with Crippen molar-refractivity contribution in [1.29, 1.82) is 0 Å². The maximum atomic E-state index is 13.4. The van der Waals surface area contributed by atoms with E-state index in [9.17, 15) is 15.0 Å². The van der Waals surface area contributed by atoms with Crippen LogP contribution in [-0.4, -0.2) is 29.2 Å². The van der Waals surface area contributed by atoms with Gasteiger partial charge in [-0.15, -0.1) is 0 Å². The molecule has 0 radical (unpaired) electrons. The molecular formula is C30H27ClN2O3. The SMILES string of the molecule is Cc1ccc2c(c1)N(C)C(=O)C(=C(O)C(Cc1ccc(Cl)cc1)Nc1ccc3ccccc3c1)C2O. The minimum absolute atomic E-state index is 0.0268. The zero-order chi connectivity index (χ0) is 25.4. The van der Waals surface area contributed by atoms with Gasteiger partial charge < -0.3 is 20.4 Å². The van der Waals surface area contributed by atoms with Crippen LogP contribution in [0.3, 0.4) is 0 Å². The second kappa shape index (κ2) is 9.69. The molecule has 1 aliphatic rings. The topological polar surface area (TPSA) is 72.8 Å². The zero-order valence-electron chi connectivity index (χ0n) is 20.1. The second-order valence-electron chi connectivity index (χ2n) is 9.22. The number of amides is 1. The van der Waals surface area contributed by atoms with Crippen LogP contribution in [0.15, 0.2) is 96.3 Å². The highest BCUT2D eigenvalue weighted by Crippen LogP contribution is 2.39. The molecule has 182 valence electrons. The first-order valence-electron chi connectivity index (χ1n) is 11.8. The summed E-state index contributed by atoms with van der Waals surface area (Å²) in [5, 5.41) is 28.9. The molecule has 3 N–H and O–H groups in total. The Hall–Kier alpha value is -3.80. The van der Waals surface area contributed by atoms with Crippen molar-refractivity contribution in [1.82, 2.24) is 0 Å². The van der Waals surface area contributed by atoms with E-state index in [0.29, 0.717) is 22.7 Å². The van der Waals surface area contributed by atoms with Gasteiger partial charge in [0.05, 0.1) is 17.3 Å². The number of carbonyl (C=O) groups excluding carboxylic acids is 1. The lowest BCUT2D eigenvalue weighted by atomic mass is 9.89. The summed E-state index contributed by atoms with van der Waals surface area (Å²) in [7, 11) is 1.66. The van der Waals surface area contributed by atoms with E-state index in [2.05, 4.69) is 5.32 Å². The maximum absolute atomic E-state index is 13.4. The first kappa shape index (κ1) is 23.9. The molecule has 0 saturated heterocycles. The number of anilines is 2. The average Bonchev–Trinajstić information content (AvgIpc) is 2.88. The van der Waals surface area contributed by atoms with Crippen LogP contribution in [0, 0.1) is 6.92 Å². The second-order valence-corrected chi connectivity index (χ2v) is 9.65. The first-order valence-corrected chi connectivity index (χ1v) is 12.2. The number of nitrogens with one attached hydrogen (secondary N) is 1. The number of aliphatic hydroxyl groups is 2. The Bertz CT molecular complexity index is 1480. The van der Waals surface area contributed by atoms with Gasteiger partial charge in [0.1, 0.15) is 11.9 Å². The summed E-state index contributed by atoms with van der Waals surface area (Å²) in [5.74, 6) is -0.617. The summed E-state index contributed by atoms with van der Waals surface area (Å²) in [6, 6.07) is 26.2. The quantitative estimate of drug-likeness (QED) is 0.221. The summed E-state index contributed by atoms with van der Waals surface area (Å²) >= 11 is 6.07. The average molecular weight is 499 g/mol. The highest BCUT2D eigenvalue weighted by Gasteiger charge is 2.37. The van der Waals surface area contributed by atoms with E-state index in [0.717, 1.165) is 27.6 Å². The van der Waals surface area contributed by atoms with Gasteiger partial charge in [-0.1, -0.05) is 66.2 Å². The third-order valence-corrected chi connectivity index (χ3v) is 6.95. The van der Waals surface area contributed by atoms with Crippen molar-refractivity contribution < 1.29 is 15.0 Å². The van der Waals surface area contributed by atoms with Crippen LogP contribution >= 0.6 is 11.6 Å². The Morgan fingerprint density at radius 2 is 1.72 bits per heavy atom. The van der Waals surface area contributed by atoms with Gasteiger partial charge in [-0.3, -0.25) is 4.79 Å². The Kier molecular flexibility index (Phi) is 6.44. The molecule has 0 aliphatic carbocycles. The molecule has 2 unspecified atom stereocenters. The lowest BCUT2D eigenvalue weighted by Crippen LogP contribution is -2.39. The number of hydrogen-bond donors (Lipinski definition) is 3. The lowest BCUT2D eigenvalue weighted by molar-refractivity contribution is -0.116. The molecule has 0 aromatic heterocycles. The molecule has 0 fully saturated rings. The lowest BCUT2D eigenvalue weighted by Gasteiger charge is -2.33. The third-order valence-electron chi connectivity index (χ3n) is 6.70. The fraction of sp³-hybridized carbons (Fsp3) is 0.167. The van der Waals surface area contributed by atoms with Crippen molar-refractivity contribution >= 4 is 39.7 Å². The molecule has 0 saturated carbocycles. The van der Waals surface area contributed by atoms with Gasteiger partial charge >= 0.3 is 0 Å². The third kappa shape index (κ3) is 4.55. The Morgan fingerprint density at radius 3 is 2.47 bits per heavy atom. The van der Waals surface area contributed by atoms with Crippen LogP contribution in [-0.2, 0) is 11.2 Å². The first-order chi connectivity index (χ1) is 17.3. The van der Waals surface area contributed by atoms with Crippen molar-refractivity contribution in [2.45, 2.75) is 25.5 Å². The molecule has 1 heterocycles. The Labute approximate surface area is 215 Å². The van der Waals surface area contributed by atoms with E-state index in [1.54, 1.807) is 25.2 Å². The molecular weight excluding hydrogens is 472 g/mol. The Balaban J connectivity index is 1.58. The van der Waals surface area contributed by atoms with E-state index in [4.69, 9.17) is 11.6 Å². The fourth-order valence-electron chi connectivity index (χ4n) is 4.73. The van der Waals surface area contributed by atoms with Gasteiger partial charge in [-0.25, -0.2) is 0 Å². The number of likely N-dealkylation sites (N-methyl/N-ethyl adjacent to an activating group) is 1. The van der Waals surface area contributed by atoms with Gasteiger partial charge in [-0.2, -0.15) is 0 Å². The number of aliphatic hydroxyl groups excluding tert-OH is 2. The number of benzene rings is 4. The van der Waals surface area contributed by atoms with Crippen LogP contribution in [0.2, 0.25) is 5.02 Å². The number of nitrogens with zero attached hydrogens (tertiary/aromatic N) is 1. The smallest absolute Gasteiger partial charge is 0.260 e. The predicted octanol–water partition coefficient (Wildman–Crippen LogP) is 6.35. The molecule has 4 aromatic rings. The largest absolute Gasteiger partial charge is 0.509 e. The van der Waals surface area contributed by atoms with Crippen LogP contribution in [0.5, 0.6) is 0 Å². The van der Waals surface area contributed by atoms with Crippen molar-refractivity contribution in [2.24, 2.45) is 0 Å². The van der Waals surface area contributed by atoms with Crippen molar-refractivity contribution in [3.05, 3.63) is 118 Å². The summed E-state index contributed by atoms with van der Waals surface area (Å²) in [6.07, 6.45) is -0.862. The molecule has 2 atom stereocenters. The molecule has 36 heavy (non-hydrogen) atoms. The molecule has 0 bridgehead atoms. The minimum atomic E-state index is -1.24. The van der Waals surface area contributed by atoms with Crippen molar-refractivity contribution in [3.63, 3.8) is 0 Å². The molecule has 6 heteroatoms. The summed E-state index contributed by atoms with van der Waals surface area (Å²) in [5.41, 5.74) is 3.90. The summed E-state index contributed by atoms with van der Waals surface area (Å²) in [4.78, 5) is 14.9. The van der Waals surface area contributed by atoms with Crippen molar-refractivity contribution in [3.8, 4) is 0 Å². The number of carbonyl (C=O) groups is 1. The van der Waals surface area contributed by atoms with Crippen LogP contribution in [0.25, 0.3) is 10.8 Å². The molecule has 0 spiro atoms. The monoisotopic (exact) mass is 498 g/mol. The van der Waals surface area contributed by atoms with Gasteiger partial charge in [-0.05, 0) is 65.6 Å². The highest BCUT2D eigenvalue weighted by atomic mass is 35.5. The standard InChI is InChI=1S/C30H27ClN2O3/c1-18-7-14-24-26(15-18)33(2)30(36)27(28(24)34)29(35)25(16-19-8-11-22(31)12-9-19)32-23-13-10-20-5-3-4-6-21(20)17-23/h3-15,17,25,28,32,34-35H,16H2,1-2H3. The van der Waals surface area contributed by atoms with E-state index in [-0.39, 0.29) is 11.3 Å². The normalized spacial score (nSPS) is 17.6. The molecule has 1 amide bonds. The van der Waals surface area contributed by atoms with Crippen LogP contribution in [0.4, 0.5) is 11.4 Å². The van der Waals surface area contributed by atoms with Gasteiger partial charge in [0.15, 0.2) is 0 Å². The van der Waals surface area contributed by atoms with Gasteiger partial charge in [0.2, 0.25) is 0 Å². The number of hydrogen-bond acceptors (Lipinski definition) is 4. The highest BCUT2D eigenvalue weighted by molar-refractivity contribution is 6.30. The summed E-state index contributed by atoms with van der Waals surface area (Å²) < 4.78 is 0. The Morgan fingerprint density at radius 1 is 1.00 bits per heavy atom. The number of aryl methyl sites for hydroxylation is 1. The van der Waals surface area contributed by atoms with Gasteiger partial charge in [0, 0.05) is 23.3 Å². The van der Waals surface area contributed by atoms with E-state index < -0.39 is 18.1 Å². The molecule has 5 nitrogen and oxygen atoms in total.